The quantitative estimate of drug-likeness (QED) is 0.934. The molecule has 24 heavy (non-hydrogen) atoms. The van der Waals surface area contributed by atoms with Gasteiger partial charge in [0.2, 0.25) is 5.91 Å². The fourth-order valence-corrected chi connectivity index (χ4v) is 3.32. The fourth-order valence-electron chi connectivity index (χ4n) is 3.32. The number of likely N-dealkylation sites (tertiary alicyclic amines) is 1. The number of pyridine rings is 1. The first-order chi connectivity index (χ1) is 11.5. The summed E-state index contributed by atoms with van der Waals surface area (Å²) in [6.07, 6.45) is 4.02. The molecule has 0 radical (unpaired) electrons. The molecule has 3 rings (SSSR count). The number of methoxy groups -OCH3 is 1. The highest BCUT2D eigenvalue weighted by Crippen LogP contribution is 2.33. The van der Waals surface area contributed by atoms with Crippen LogP contribution in [0, 0.1) is 5.41 Å². The Morgan fingerprint density at radius 2 is 2.08 bits per heavy atom. The number of carbonyl (C=O) groups is 2. The largest absolute Gasteiger partial charge is 0.496 e. The number of benzene rings is 1. The number of rotatable bonds is 3. The lowest BCUT2D eigenvalue weighted by atomic mass is 9.89. The molecule has 0 bridgehead atoms. The standard InChI is InChI=1S/C18H21N3O3/c1-18(17(23)19-2)7-9-21(11-18)16(22)13-4-5-15(24-3)14-10-20-8-6-12(13)14/h4-6,8,10H,7,9,11H2,1-3H3,(H,19,23). The molecule has 1 unspecified atom stereocenters. The van der Waals surface area contributed by atoms with Crippen molar-refractivity contribution in [2.75, 3.05) is 27.2 Å². The zero-order valence-electron chi connectivity index (χ0n) is 14.1. The first kappa shape index (κ1) is 16.2. The molecule has 6 heteroatoms. The van der Waals surface area contributed by atoms with E-state index in [2.05, 4.69) is 10.3 Å². The van der Waals surface area contributed by atoms with Gasteiger partial charge in [0.1, 0.15) is 5.75 Å². The molecule has 0 saturated carbocycles. The molecule has 1 saturated heterocycles. The number of hydrogen-bond acceptors (Lipinski definition) is 4. The summed E-state index contributed by atoms with van der Waals surface area (Å²) in [5.74, 6) is 0.592. The van der Waals surface area contributed by atoms with Crippen LogP contribution in [0.25, 0.3) is 10.8 Å². The van der Waals surface area contributed by atoms with Crippen molar-refractivity contribution in [2.24, 2.45) is 5.41 Å². The lowest BCUT2D eigenvalue weighted by Crippen LogP contribution is -2.40. The van der Waals surface area contributed by atoms with E-state index >= 15 is 0 Å². The van der Waals surface area contributed by atoms with Crippen LogP contribution in [0.15, 0.2) is 30.6 Å². The summed E-state index contributed by atoms with van der Waals surface area (Å²) in [5.41, 5.74) is 0.0724. The maximum atomic E-state index is 13.0. The third kappa shape index (κ3) is 2.58. The van der Waals surface area contributed by atoms with Crippen LogP contribution in [0.5, 0.6) is 5.75 Å². The molecule has 1 fully saturated rings. The van der Waals surface area contributed by atoms with E-state index in [1.165, 1.54) is 0 Å². The van der Waals surface area contributed by atoms with E-state index in [0.29, 0.717) is 30.8 Å². The van der Waals surface area contributed by atoms with E-state index in [9.17, 15) is 9.59 Å². The van der Waals surface area contributed by atoms with Gasteiger partial charge in [-0.25, -0.2) is 0 Å². The van der Waals surface area contributed by atoms with Gasteiger partial charge in [0.15, 0.2) is 0 Å². The van der Waals surface area contributed by atoms with Crippen molar-refractivity contribution in [3.63, 3.8) is 0 Å². The molecule has 0 aliphatic carbocycles. The topological polar surface area (TPSA) is 71.5 Å². The number of carbonyl (C=O) groups excluding carboxylic acids is 2. The Hall–Kier alpha value is -2.63. The van der Waals surface area contributed by atoms with Crippen molar-refractivity contribution in [1.82, 2.24) is 15.2 Å². The van der Waals surface area contributed by atoms with Gasteiger partial charge in [-0.2, -0.15) is 0 Å². The average molecular weight is 327 g/mol. The van der Waals surface area contributed by atoms with Gasteiger partial charge >= 0.3 is 0 Å². The minimum absolute atomic E-state index is 0.0263. The molecule has 1 aliphatic rings. The van der Waals surface area contributed by atoms with Gasteiger partial charge < -0.3 is 15.0 Å². The first-order valence-electron chi connectivity index (χ1n) is 7.92. The first-order valence-corrected chi connectivity index (χ1v) is 7.92. The van der Waals surface area contributed by atoms with Crippen molar-refractivity contribution in [3.05, 3.63) is 36.2 Å². The summed E-state index contributed by atoms with van der Waals surface area (Å²) in [5, 5.41) is 4.30. The van der Waals surface area contributed by atoms with Gasteiger partial charge in [-0.1, -0.05) is 0 Å². The van der Waals surface area contributed by atoms with Gasteiger partial charge in [-0.15, -0.1) is 0 Å². The molecule has 1 aliphatic heterocycles. The number of nitrogens with one attached hydrogen (secondary N) is 1. The second-order valence-electron chi connectivity index (χ2n) is 6.35. The van der Waals surface area contributed by atoms with Crippen LogP contribution in [-0.2, 0) is 4.79 Å². The SMILES string of the molecule is CNC(=O)C1(C)CCN(C(=O)c2ccc(OC)c3cnccc23)C1. The van der Waals surface area contributed by atoms with Crippen LogP contribution in [0.2, 0.25) is 0 Å². The smallest absolute Gasteiger partial charge is 0.254 e. The van der Waals surface area contributed by atoms with E-state index in [1.54, 1.807) is 43.6 Å². The molecule has 6 nitrogen and oxygen atoms in total. The highest BCUT2D eigenvalue weighted by Gasteiger charge is 2.41. The molecular formula is C18H21N3O3. The minimum Gasteiger partial charge on any atom is -0.496 e. The van der Waals surface area contributed by atoms with Crippen molar-refractivity contribution in [1.29, 1.82) is 0 Å². The lowest BCUT2D eigenvalue weighted by molar-refractivity contribution is -0.128. The van der Waals surface area contributed by atoms with Gasteiger partial charge in [-0.05, 0) is 31.5 Å². The third-order valence-electron chi connectivity index (χ3n) is 4.76. The van der Waals surface area contributed by atoms with E-state index in [4.69, 9.17) is 4.74 Å². The molecule has 2 heterocycles. The molecule has 126 valence electrons. The average Bonchev–Trinajstić information content (AvgIpc) is 3.03. The Balaban J connectivity index is 1.95. The van der Waals surface area contributed by atoms with E-state index in [1.807, 2.05) is 13.0 Å². The van der Waals surface area contributed by atoms with Crippen molar-refractivity contribution < 1.29 is 14.3 Å². The van der Waals surface area contributed by atoms with E-state index in [0.717, 1.165) is 10.8 Å². The van der Waals surface area contributed by atoms with Crippen LogP contribution in [0.3, 0.4) is 0 Å². The summed E-state index contributed by atoms with van der Waals surface area (Å²) < 4.78 is 5.35. The van der Waals surface area contributed by atoms with Gasteiger partial charge in [0.25, 0.3) is 5.91 Å². The Labute approximate surface area is 140 Å². The number of amides is 2. The van der Waals surface area contributed by atoms with E-state index in [-0.39, 0.29) is 11.8 Å². The summed E-state index contributed by atoms with van der Waals surface area (Å²) >= 11 is 0. The highest BCUT2D eigenvalue weighted by atomic mass is 16.5. The maximum Gasteiger partial charge on any atom is 0.254 e. The predicted molar refractivity (Wildman–Crippen MR) is 91.0 cm³/mol. The van der Waals surface area contributed by atoms with Crippen LogP contribution in [-0.4, -0.2) is 48.9 Å². The van der Waals surface area contributed by atoms with Crippen LogP contribution < -0.4 is 10.1 Å². The number of ether oxygens (including phenoxy) is 1. The predicted octanol–water partition coefficient (Wildman–Crippen LogP) is 1.84. The number of fused-ring (bicyclic) bond motifs is 1. The van der Waals surface area contributed by atoms with Crippen LogP contribution in [0.4, 0.5) is 0 Å². The molecule has 0 spiro atoms. The lowest BCUT2D eigenvalue weighted by Gasteiger charge is -2.23. The summed E-state index contributed by atoms with van der Waals surface area (Å²) in [4.78, 5) is 30.9. The maximum absolute atomic E-state index is 13.0. The normalized spacial score (nSPS) is 20.2. The van der Waals surface area contributed by atoms with Crippen LogP contribution >= 0.6 is 0 Å². The number of aromatic nitrogens is 1. The summed E-state index contributed by atoms with van der Waals surface area (Å²) in [7, 11) is 3.22. The zero-order valence-corrected chi connectivity index (χ0v) is 14.1. The van der Waals surface area contributed by atoms with Crippen molar-refractivity contribution in [2.45, 2.75) is 13.3 Å². The van der Waals surface area contributed by atoms with Crippen molar-refractivity contribution >= 4 is 22.6 Å². The van der Waals surface area contributed by atoms with Crippen molar-refractivity contribution in [3.8, 4) is 5.75 Å². The Morgan fingerprint density at radius 3 is 2.79 bits per heavy atom. The summed E-state index contributed by atoms with van der Waals surface area (Å²) in [6.45, 7) is 2.89. The molecular weight excluding hydrogens is 306 g/mol. The van der Waals surface area contributed by atoms with Gasteiger partial charge in [0.05, 0.1) is 12.5 Å². The minimum atomic E-state index is -0.533. The number of hydrogen-bond donors (Lipinski definition) is 1. The molecule has 2 amide bonds. The Morgan fingerprint density at radius 1 is 1.29 bits per heavy atom. The zero-order chi connectivity index (χ0) is 17.3. The third-order valence-corrected chi connectivity index (χ3v) is 4.76. The highest BCUT2D eigenvalue weighted by molar-refractivity contribution is 6.08. The Kier molecular flexibility index (Phi) is 4.13. The molecule has 1 aromatic heterocycles. The van der Waals surface area contributed by atoms with Gasteiger partial charge in [-0.3, -0.25) is 14.6 Å². The van der Waals surface area contributed by atoms with E-state index < -0.39 is 5.41 Å². The molecule has 1 aromatic carbocycles. The number of nitrogens with zero attached hydrogens (tertiary/aromatic N) is 2. The summed E-state index contributed by atoms with van der Waals surface area (Å²) in [6, 6.07) is 5.38. The van der Waals surface area contributed by atoms with Crippen LogP contribution in [0.1, 0.15) is 23.7 Å². The fraction of sp³-hybridized carbons (Fsp3) is 0.389. The van der Waals surface area contributed by atoms with Gasteiger partial charge in [0, 0.05) is 48.9 Å². The Bertz CT molecular complexity index is 805. The molecule has 2 aromatic rings. The monoisotopic (exact) mass is 327 g/mol. The molecule has 1 atom stereocenters. The second kappa shape index (κ2) is 6.11. The second-order valence-corrected chi connectivity index (χ2v) is 6.35. The molecule has 1 N–H and O–H groups in total.